The Bertz CT molecular complexity index is 912. The van der Waals surface area contributed by atoms with Crippen molar-refractivity contribution in [3.05, 3.63) is 58.4 Å². The number of imide groups is 1. The highest BCUT2D eigenvalue weighted by Crippen LogP contribution is 2.22. The molecule has 0 unspecified atom stereocenters. The molecule has 2 N–H and O–H groups in total. The number of H-pyrrole nitrogens is 1. The SMILES string of the molecule is Cc1cc(CNS(=O)(=O)CCN2C(=O)c3ccccc3C2=O)c(C)[nH]1. The van der Waals surface area contributed by atoms with Crippen molar-refractivity contribution >= 4 is 21.8 Å². The number of carbonyl (C=O) groups excluding carboxylic acids is 2. The third kappa shape index (κ3) is 3.49. The molecule has 25 heavy (non-hydrogen) atoms. The molecule has 1 aromatic heterocycles. The van der Waals surface area contributed by atoms with E-state index in [4.69, 9.17) is 0 Å². The molecule has 0 saturated heterocycles. The maximum Gasteiger partial charge on any atom is 0.261 e. The van der Waals surface area contributed by atoms with Gasteiger partial charge in [0.25, 0.3) is 11.8 Å². The normalized spacial score (nSPS) is 14.2. The Hall–Kier alpha value is -2.45. The highest BCUT2D eigenvalue weighted by atomic mass is 32.2. The third-order valence-electron chi connectivity index (χ3n) is 4.20. The minimum Gasteiger partial charge on any atom is -0.362 e. The number of hydrogen-bond acceptors (Lipinski definition) is 4. The summed E-state index contributed by atoms with van der Waals surface area (Å²) < 4.78 is 26.9. The summed E-state index contributed by atoms with van der Waals surface area (Å²) in [6.45, 7) is 3.76. The van der Waals surface area contributed by atoms with E-state index < -0.39 is 21.8 Å². The third-order valence-corrected chi connectivity index (χ3v) is 5.51. The van der Waals surface area contributed by atoms with E-state index in [0.717, 1.165) is 21.9 Å². The van der Waals surface area contributed by atoms with E-state index in [2.05, 4.69) is 9.71 Å². The number of hydrogen-bond donors (Lipinski definition) is 2. The van der Waals surface area contributed by atoms with Gasteiger partial charge in [0.15, 0.2) is 0 Å². The Labute approximate surface area is 146 Å². The van der Waals surface area contributed by atoms with Crippen LogP contribution in [0, 0.1) is 13.8 Å². The van der Waals surface area contributed by atoms with Gasteiger partial charge < -0.3 is 4.98 Å². The first kappa shape index (κ1) is 17.4. The molecule has 0 bridgehead atoms. The van der Waals surface area contributed by atoms with Crippen LogP contribution in [0.5, 0.6) is 0 Å². The molecule has 0 saturated carbocycles. The molecule has 3 rings (SSSR count). The number of aryl methyl sites for hydroxylation is 2. The van der Waals surface area contributed by atoms with E-state index in [0.29, 0.717) is 11.1 Å². The number of fused-ring (bicyclic) bond motifs is 1. The van der Waals surface area contributed by atoms with E-state index >= 15 is 0 Å². The van der Waals surface area contributed by atoms with Gasteiger partial charge in [-0.15, -0.1) is 0 Å². The van der Waals surface area contributed by atoms with E-state index in [-0.39, 0.29) is 18.8 Å². The quantitative estimate of drug-likeness (QED) is 0.759. The maximum absolute atomic E-state index is 12.2. The van der Waals surface area contributed by atoms with Crippen molar-refractivity contribution in [3.8, 4) is 0 Å². The molecule has 0 aliphatic carbocycles. The molecule has 2 heterocycles. The van der Waals surface area contributed by atoms with Gasteiger partial charge >= 0.3 is 0 Å². The standard InChI is InChI=1S/C17H19N3O4S/c1-11-9-13(12(2)19-11)10-18-25(23,24)8-7-20-16(21)14-5-3-4-6-15(14)17(20)22/h3-6,9,18-19H,7-8,10H2,1-2H3. The van der Waals surface area contributed by atoms with E-state index in [9.17, 15) is 18.0 Å². The molecule has 2 aromatic rings. The Balaban J connectivity index is 1.62. The number of aromatic nitrogens is 1. The summed E-state index contributed by atoms with van der Waals surface area (Å²) in [5.74, 6) is -1.23. The first-order chi connectivity index (χ1) is 11.8. The first-order valence-electron chi connectivity index (χ1n) is 7.86. The van der Waals surface area contributed by atoms with Crippen molar-refractivity contribution in [2.75, 3.05) is 12.3 Å². The number of nitrogens with zero attached hydrogens (tertiary/aromatic N) is 1. The molecule has 8 heteroatoms. The number of aromatic amines is 1. The summed E-state index contributed by atoms with van der Waals surface area (Å²) in [6.07, 6.45) is 0. The zero-order chi connectivity index (χ0) is 18.2. The van der Waals surface area contributed by atoms with Crippen molar-refractivity contribution in [1.29, 1.82) is 0 Å². The Morgan fingerprint density at radius 3 is 2.20 bits per heavy atom. The summed E-state index contributed by atoms with van der Waals surface area (Å²) in [4.78, 5) is 28.6. The summed E-state index contributed by atoms with van der Waals surface area (Å²) in [7, 11) is -3.62. The van der Waals surface area contributed by atoms with Crippen LogP contribution in [0.15, 0.2) is 30.3 Å². The number of sulfonamides is 1. The van der Waals surface area contributed by atoms with Gasteiger partial charge in [0.05, 0.1) is 16.9 Å². The fraction of sp³-hybridized carbons (Fsp3) is 0.294. The topological polar surface area (TPSA) is 99.3 Å². The number of carbonyl (C=O) groups is 2. The van der Waals surface area contributed by atoms with E-state index in [1.165, 1.54) is 0 Å². The predicted molar refractivity (Wildman–Crippen MR) is 92.7 cm³/mol. The molecule has 1 aliphatic heterocycles. The van der Waals surface area contributed by atoms with Crippen molar-refractivity contribution in [3.63, 3.8) is 0 Å². The van der Waals surface area contributed by atoms with Gasteiger partial charge in [-0.05, 0) is 37.6 Å². The van der Waals surface area contributed by atoms with Crippen molar-refractivity contribution in [2.24, 2.45) is 0 Å². The second-order valence-corrected chi connectivity index (χ2v) is 7.98. The van der Waals surface area contributed by atoms with Gasteiger partial charge in [0.1, 0.15) is 0 Å². The maximum atomic E-state index is 12.2. The fourth-order valence-corrected chi connectivity index (χ4v) is 3.82. The largest absolute Gasteiger partial charge is 0.362 e. The van der Waals surface area contributed by atoms with Crippen LogP contribution < -0.4 is 4.72 Å². The summed E-state index contributed by atoms with van der Waals surface area (Å²) in [5.41, 5.74) is 3.35. The number of benzene rings is 1. The summed E-state index contributed by atoms with van der Waals surface area (Å²) in [5, 5.41) is 0. The van der Waals surface area contributed by atoms with Crippen LogP contribution in [0.4, 0.5) is 0 Å². The summed E-state index contributed by atoms with van der Waals surface area (Å²) >= 11 is 0. The zero-order valence-corrected chi connectivity index (χ0v) is 14.8. The van der Waals surface area contributed by atoms with Crippen LogP contribution in [0.2, 0.25) is 0 Å². The van der Waals surface area contributed by atoms with Crippen LogP contribution in [0.1, 0.15) is 37.7 Å². The second-order valence-electron chi connectivity index (χ2n) is 6.05. The fourth-order valence-electron chi connectivity index (χ4n) is 2.88. The lowest BCUT2D eigenvalue weighted by atomic mass is 10.1. The van der Waals surface area contributed by atoms with Crippen LogP contribution in [-0.4, -0.2) is 42.4 Å². The van der Waals surface area contributed by atoms with Crippen molar-refractivity contribution < 1.29 is 18.0 Å². The van der Waals surface area contributed by atoms with Crippen molar-refractivity contribution in [2.45, 2.75) is 20.4 Å². The zero-order valence-electron chi connectivity index (χ0n) is 14.0. The summed E-state index contributed by atoms with van der Waals surface area (Å²) in [6, 6.07) is 8.36. The average Bonchev–Trinajstić information content (AvgIpc) is 3.01. The molecule has 1 aromatic carbocycles. The lowest BCUT2D eigenvalue weighted by Crippen LogP contribution is -2.37. The Morgan fingerprint density at radius 2 is 1.68 bits per heavy atom. The van der Waals surface area contributed by atoms with Gasteiger partial charge in [0, 0.05) is 24.5 Å². The monoisotopic (exact) mass is 361 g/mol. The minimum atomic E-state index is -3.62. The molecular weight excluding hydrogens is 342 g/mol. The van der Waals surface area contributed by atoms with Crippen LogP contribution in [-0.2, 0) is 16.6 Å². The van der Waals surface area contributed by atoms with E-state index in [1.807, 2.05) is 19.9 Å². The molecule has 0 radical (unpaired) electrons. The van der Waals surface area contributed by atoms with Gasteiger partial charge in [-0.25, -0.2) is 13.1 Å². The van der Waals surface area contributed by atoms with E-state index in [1.54, 1.807) is 24.3 Å². The van der Waals surface area contributed by atoms with Crippen molar-refractivity contribution in [1.82, 2.24) is 14.6 Å². The minimum absolute atomic E-state index is 0.167. The highest BCUT2D eigenvalue weighted by molar-refractivity contribution is 7.89. The van der Waals surface area contributed by atoms with Gasteiger partial charge in [-0.3, -0.25) is 14.5 Å². The number of amides is 2. The second kappa shape index (κ2) is 6.45. The van der Waals surface area contributed by atoms with Gasteiger partial charge in [-0.2, -0.15) is 0 Å². The van der Waals surface area contributed by atoms with Gasteiger partial charge in [0.2, 0.25) is 10.0 Å². The smallest absolute Gasteiger partial charge is 0.261 e. The Morgan fingerprint density at radius 1 is 1.08 bits per heavy atom. The average molecular weight is 361 g/mol. The molecular formula is C17H19N3O4S. The highest BCUT2D eigenvalue weighted by Gasteiger charge is 2.35. The Kier molecular flexibility index (Phi) is 4.49. The molecule has 7 nitrogen and oxygen atoms in total. The number of rotatable bonds is 6. The van der Waals surface area contributed by atoms with Crippen LogP contribution >= 0.6 is 0 Å². The first-order valence-corrected chi connectivity index (χ1v) is 9.51. The van der Waals surface area contributed by atoms with Crippen LogP contribution in [0.25, 0.3) is 0 Å². The molecule has 0 spiro atoms. The molecule has 0 atom stereocenters. The molecule has 0 fully saturated rings. The molecule has 132 valence electrons. The predicted octanol–water partition coefficient (Wildman–Crippen LogP) is 1.35. The number of nitrogens with one attached hydrogen (secondary N) is 2. The van der Waals surface area contributed by atoms with Crippen LogP contribution in [0.3, 0.4) is 0 Å². The lowest BCUT2D eigenvalue weighted by Gasteiger charge is -2.14. The molecule has 2 amide bonds. The molecule has 1 aliphatic rings. The lowest BCUT2D eigenvalue weighted by molar-refractivity contribution is 0.0664. The van der Waals surface area contributed by atoms with Gasteiger partial charge in [-0.1, -0.05) is 12.1 Å².